The lowest BCUT2D eigenvalue weighted by Gasteiger charge is -2.09. The molecule has 0 aliphatic rings. The number of nitrogens with two attached hydrogens (primary N) is 1. The summed E-state index contributed by atoms with van der Waals surface area (Å²) in [7, 11) is 1.30. The molecule has 98 valence electrons. The van der Waals surface area contributed by atoms with Gasteiger partial charge in [0.1, 0.15) is 0 Å². The summed E-state index contributed by atoms with van der Waals surface area (Å²) in [6.45, 7) is 0. The first kappa shape index (κ1) is 14.2. The number of alkyl halides is 3. The van der Waals surface area contributed by atoms with E-state index in [1.807, 2.05) is 0 Å². The van der Waals surface area contributed by atoms with Crippen LogP contribution < -0.4 is 11.1 Å². The molecular weight excluding hydrogens is 267 g/mol. The van der Waals surface area contributed by atoms with Crippen LogP contribution in [0.4, 0.5) is 18.9 Å². The third-order valence-corrected chi connectivity index (χ3v) is 2.06. The second-order valence-electron chi connectivity index (χ2n) is 3.16. The minimum atomic E-state index is -4.41. The summed E-state index contributed by atoms with van der Waals surface area (Å²) < 4.78 is 41.9. The molecule has 0 aromatic heterocycles. The number of benzene rings is 1. The van der Waals surface area contributed by atoms with Gasteiger partial charge in [-0.25, -0.2) is 0 Å². The maximum atomic E-state index is 12.4. The summed E-state index contributed by atoms with van der Waals surface area (Å²) in [5, 5.41) is 2.41. The average Bonchev–Trinajstić information content (AvgIpc) is 2.27. The molecule has 0 saturated heterocycles. The number of nitrogens with zero attached hydrogens (tertiary/aromatic N) is 1. The van der Waals surface area contributed by atoms with E-state index in [1.165, 1.54) is 19.2 Å². The van der Waals surface area contributed by atoms with Gasteiger partial charge in [-0.2, -0.15) is 18.2 Å². The highest BCUT2D eigenvalue weighted by Gasteiger charge is 2.30. The maximum Gasteiger partial charge on any atom is 0.416 e. The minimum Gasteiger partial charge on any atom is -0.468 e. The van der Waals surface area contributed by atoms with Crippen LogP contribution in [-0.2, 0) is 10.9 Å². The molecule has 0 saturated carbocycles. The van der Waals surface area contributed by atoms with Crippen molar-refractivity contribution in [3.05, 3.63) is 29.8 Å². The smallest absolute Gasteiger partial charge is 0.416 e. The molecule has 3 N–H and O–H groups in total. The number of ether oxygens (including phenoxy) is 1. The van der Waals surface area contributed by atoms with Crippen molar-refractivity contribution in [2.24, 2.45) is 10.7 Å². The Bertz CT molecular complexity index is 474. The second kappa shape index (κ2) is 5.67. The Labute approximate surface area is 107 Å². The molecule has 1 rings (SSSR count). The monoisotopic (exact) mass is 277 g/mol. The Hall–Kier alpha value is -1.83. The van der Waals surface area contributed by atoms with Crippen LogP contribution in [0.1, 0.15) is 5.56 Å². The van der Waals surface area contributed by atoms with Crippen LogP contribution in [-0.4, -0.2) is 18.2 Å². The predicted molar refractivity (Wildman–Crippen MR) is 66.3 cm³/mol. The minimum absolute atomic E-state index is 0.0892. The Morgan fingerprint density at radius 2 is 2.11 bits per heavy atom. The molecule has 1 aromatic carbocycles. The molecule has 0 unspecified atom stereocenters. The molecule has 0 radical (unpaired) electrons. The number of nitrogens with one attached hydrogen (secondary N) is 1. The van der Waals surface area contributed by atoms with Crippen LogP contribution in [0.2, 0.25) is 0 Å². The fourth-order valence-corrected chi connectivity index (χ4v) is 1.28. The van der Waals surface area contributed by atoms with Crippen molar-refractivity contribution in [1.82, 2.24) is 0 Å². The average molecular weight is 277 g/mol. The molecule has 18 heavy (non-hydrogen) atoms. The molecule has 0 amide bonds. The molecule has 0 spiro atoms. The highest BCUT2D eigenvalue weighted by atomic mass is 32.1. The van der Waals surface area contributed by atoms with Gasteiger partial charge in [0, 0.05) is 5.69 Å². The van der Waals surface area contributed by atoms with Gasteiger partial charge in [0.15, 0.2) is 0 Å². The van der Waals surface area contributed by atoms with Crippen LogP contribution in [0.15, 0.2) is 29.3 Å². The highest BCUT2D eigenvalue weighted by molar-refractivity contribution is 7.80. The number of rotatable bonds is 1. The quantitative estimate of drug-likeness (QED) is 0.470. The first-order valence-electron chi connectivity index (χ1n) is 4.69. The van der Waals surface area contributed by atoms with Crippen LogP contribution in [0.5, 0.6) is 0 Å². The number of hydrogen-bond donors (Lipinski definition) is 2. The lowest BCUT2D eigenvalue weighted by molar-refractivity contribution is -0.137. The van der Waals surface area contributed by atoms with Gasteiger partial charge in [-0.1, -0.05) is 6.07 Å². The number of hydrogen-bond acceptors (Lipinski definition) is 2. The van der Waals surface area contributed by atoms with E-state index in [2.05, 4.69) is 15.0 Å². The normalized spacial score (nSPS) is 12.1. The van der Waals surface area contributed by atoms with Crippen molar-refractivity contribution in [2.45, 2.75) is 6.18 Å². The fourth-order valence-electron chi connectivity index (χ4n) is 1.07. The number of halogens is 3. The van der Waals surface area contributed by atoms with Gasteiger partial charge in [0.05, 0.1) is 12.7 Å². The number of amidine groups is 1. The predicted octanol–water partition coefficient (Wildman–Crippen LogP) is 2.36. The Kier molecular flexibility index (Phi) is 4.49. The van der Waals surface area contributed by atoms with Gasteiger partial charge in [-0.3, -0.25) is 0 Å². The van der Waals surface area contributed by atoms with Crippen LogP contribution in [0, 0.1) is 0 Å². The lowest BCUT2D eigenvalue weighted by atomic mass is 10.2. The van der Waals surface area contributed by atoms with E-state index in [0.717, 1.165) is 12.1 Å². The molecule has 0 fully saturated rings. The van der Waals surface area contributed by atoms with Crippen molar-refractivity contribution >= 4 is 29.0 Å². The van der Waals surface area contributed by atoms with E-state index >= 15 is 0 Å². The standard InChI is InChI=1S/C10H10F3N3OS/c1-17-8(14)16-9(18)15-7-4-2-3-6(5-7)10(11,12)13/h2-5H,1H3,(H3,14,15,16,18). The first-order chi connectivity index (χ1) is 8.32. The SMILES string of the molecule is CO/C(N)=N/C(=S)Nc1cccc(C(F)(F)F)c1. The Morgan fingerprint density at radius 1 is 1.44 bits per heavy atom. The molecule has 0 atom stereocenters. The molecule has 0 aliphatic carbocycles. The van der Waals surface area contributed by atoms with E-state index in [1.54, 1.807) is 0 Å². The zero-order valence-corrected chi connectivity index (χ0v) is 10.1. The van der Waals surface area contributed by atoms with Gasteiger partial charge in [-0.05, 0) is 30.4 Å². The molecule has 0 bridgehead atoms. The highest BCUT2D eigenvalue weighted by Crippen LogP contribution is 2.30. The summed E-state index contributed by atoms with van der Waals surface area (Å²) in [5.74, 6) is 0. The number of methoxy groups -OCH3 is 1. The maximum absolute atomic E-state index is 12.4. The summed E-state index contributed by atoms with van der Waals surface area (Å²) >= 11 is 4.78. The summed E-state index contributed by atoms with van der Waals surface area (Å²) in [6, 6.07) is 4.39. The van der Waals surface area contributed by atoms with Crippen molar-refractivity contribution < 1.29 is 17.9 Å². The first-order valence-corrected chi connectivity index (χ1v) is 5.10. The molecule has 4 nitrogen and oxygen atoms in total. The topological polar surface area (TPSA) is 59.6 Å². The lowest BCUT2D eigenvalue weighted by Crippen LogP contribution is -2.18. The summed E-state index contributed by atoms with van der Waals surface area (Å²) in [6.07, 6.45) is -4.41. The van der Waals surface area contributed by atoms with Crippen molar-refractivity contribution in [3.8, 4) is 0 Å². The second-order valence-corrected chi connectivity index (χ2v) is 3.55. The third-order valence-electron chi connectivity index (χ3n) is 1.86. The molecule has 1 aromatic rings. The third kappa shape index (κ3) is 4.21. The Morgan fingerprint density at radius 3 is 2.67 bits per heavy atom. The van der Waals surface area contributed by atoms with Crippen LogP contribution in [0.3, 0.4) is 0 Å². The van der Waals surface area contributed by atoms with E-state index in [9.17, 15) is 13.2 Å². The molecule has 0 aliphatic heterocycles. The Balaban J connectivity index is 2.83. The van der Waals surface area contributed by atoms with Crippen LogP contribution in [0.25, 0.3) is 0 Å². The number of aliphatic imine (C=N–C) groups is 1. The van der Waals surface area contributed by atoms with Crippen LogP contribution >= 0.6 is 12.2 Å². The van der Waals surface area contributed by atoms with E-state index in [-0.39, 0.29) is 16.8 Å². The largest absolute Gasteiger partial charge is 0.468 e. The van der Waals surface area contributed by atoms with Crippen molar-refractivity contribution in [2.75, 3.05) is 12.4 Å². The molecular formula is C10H10F3N3OS. The van der Waals surface area contributed by atoms with Crippen molar-refractivity contribution in [3.63, 3.8) is 0 Å². The summed E-state index contributed by atoms with van der Waals surface area (Å²) in [4.78, 5) is 3.59. The zero-order chi connectivity index (χ0) is 13.8. The number of thiocarbonyl (C=S) groups is 1. The van der Waals surface area contributed by atoms with Crippen molar-refractivity contribution in [1.29, 1.82) is 0 Å². The van der Waals surface area contributed by atoms with Gasteiger partial charge in [0.25, 0.3) is 6.02 Å². The van der Waals surface area contributed by atoms with Gasteiger partial charge >= 0.3 is 6.18 Å². The molecule has 0 heterocycles. The van der Waals surface area contributed by atoms with E-state index in [4.69, 9.17) is 18.0 Å². The van der Waals surface area contributed by atoms with E-state index in [0.29, 0.717) is 0 Å². The van der Waals surface area contributed by atoms with E-state index < -0.39 is 11.7 Å². The zero-order valence-electron chi connectivity index (χ0n) is 9.28. The molecule has 8 heteroatoms. The summed E-state index contributed by atoms with van der Waals surface area (Å²) in [5.41, 5.74) is 4.64. The van der Waals surface area contributed by atoms with Gasteiger partial charge in [-0.15, -0.1) is 0 Å². The van der Waals surface area contributed by atoms with Gasteiger partial charge in [0.2, 0.25) is 5.11 Å². The fraction of sp³-hybridized carbons (Fsp3) is 0.200. The number of anilines is 1. The van der Waals surface area contributed by atoms with Gasteiger partial charge < -0.3 is 15.8 Å².